The van der Waals surface area contributed by atoms with Gasteiger partial charge in [-0.2, -0.15) is 5.26 Å². The van der Waals surface area contributed by atoms with Crippen LogP contribution in [0.15, 0.2) is 36.4 Å². The minimum Gasteiger partial charge on any atom is -0.489 e. The van der Waals surface area contributed by atoms with Crippen LogP contribution in [-0.2, 0) is 6.61 Å². The highest BCUT2D eigenvalue weighted by atomic mass is 19.1. The number of aryl methyl sites for hydroxylation is 1. The molecule has 21 heavy (non-hydrogen) atoms. The molecule has 2 aromatic rings. The first-order valence-electron chi connectivity index (χ1n) is 6.60. The standard InChI is InChI=1S/C17H16FNO2/c1-11-3-4-16(12(2)20)17(5-11)21-10-14-6-13(9-19)7-15(18)8-14/h3-8,12,20H,10H2,1-2H3/t12-/m1/s1. The zero-order valence-corrected chi connectivity index (χ0v) is 11.9. The predicted molar refractivity (Wildman–Crippen MR) is 77.3 cm³/mol. The number of nitrogens with zero attached hydrogens (tertiary/aromatic N) is 1. The number of aliphatic hydroxyl groups excluding tert-OH is 1. The third-order valence-electron chi connectivity index (χ3n) is 3.10. The van der Waals surface area contributed by atoms with Crippen molar-refractivity contribution in [1.29, 1.82) is 5.26 Å². The Hall–Kier alpha value is -2.38. The van der Waals surface area contributed by atoms with Gasteiger partial charge in [-0.1, -0.05) is 12.1 Å². The zero-order chi connectivity index (χ0) is 15.4. The summed E-state index contributed by atoms with van der Waals surface area (Å²) in [7, 11) is 0. The van der Waals surface area contributed by atoms with Crippen LogP contribution in [-0.4, -0.2) is 5.11 Å². The van der Waals surface area contributed by atoms with Gasteiger partial charge in [0, 0.05) is 5.56 Å². The molecule has 4 heteroatoms. The third-order valence-corrected chi connectivity index (χ3v) is 3.10. The van der Waals surface area contributed by atoms with E-state index in [2.05, 4.69) is 0 Å². The molecule has 2 aromatic carbocycles. The molecule has 2 rings (SSSR count). The van der Waals surface area contributed by atoms with E-state index in [-0.39, 0.29) is 12.2 Å². The minimum atomic E-state index is -0.650. The highest BCUT2D eigenvalue weighted by Gasteiger charge is 2.10. The summed E-state index contributed by atoms with van der Waals surface area (Å²) in [5, 5.41) is 18.6. The fourth-order valence-electron chi connectivity index (χ4n) is 2.07. The second kappa shape index (κ2) is 6.38. The lowest BCUT2D eigenvalue weighted by atomic mass is 10.1. The van der Waals surface area contributed by atoms with Crippen molar-refractivity contribution in [1.82, 2.24) is 0 Å². The largest absolute Gasteiger partial charge is 0.489 e. The Labute approximate surface area is 123 Å². The van der Waals surface area contributed by atoms with Gasteiger partial charge < -0.3 is 9.84 Å². The van der Waals surface area contributed by atoms with Gasteiger partial charge in [0.25, 0.3) is 0 Å². The van der Waals surface area contributed by atoms with Gasteiger partial charge in [0.1, 0.15) is 18.2 Å². The molecule has 0 radical (unpaired) electrons. The zero-order valence-electron chi connectivity index (χ0n) is 11.9. The van der Waals surface area contributed by atoms with Crippen LogP contribution < -0.4 is 4.74 Å². The van der Waals surface area contributed by atoms with Crippen LogP contribution in [0.4, 0.5) is 4.39 Å². The van der Waals surface area contributed by atoms with Gasteiger partial charge >= 0.3 is 0 Å². The van der Waals surface area contributed by atoms with Gasteiger partial charge in [-0.25, -0.2) is 4.39 Å². The monoisotopic (exact) mass is 285 g/mol. The van der Waals surface area contributed by atoms with Crippen molar-refractivity contribution >= 4 is 0 Å². The van der Waals surface area contributed by atoms with E-state index in [1.165, 1.54) is 12.1 Å². The molecule has 0 aliphatic heterocycles. The Bertz CT molecular complexity index is 690. The second-order valence-corrected chi connectivity index (χ2v) is 4.97. The molecule has 0 bridgehead atoms. The molecule has 0 heterocycles. The highest BCUT2D eigenvalue weighted by Crippen LogP contribution is 2.27. The average Bonchev–Trinajstić information content (AvgIpc) is 2.44. The van der Waals surface area contributed by atoms with Crippen molar-refractivity contribution in [2.75, 3.05) is 0 Å². The maximum absolute atomic E-state index is 13.4. The van der Waals surface area contributed by atoms with E-state index in [1.807, 2.05) is 31.2 Å². The molecule has 0 aromatic heterocycles. The Morgan fingerprint density at radius 2 is 2.05 bits per heavy atom. The van der Waals surface area contributed by atoms with Gasteiger partial charge in [-0.05, 0) is 49.2 Å². The molecule has 0 spiro atoms. The van der Waals surface area contributed by atoms with E-state index >= 15 is 0 Å². The van der Waals surface area contributed by atoms with Crippen molar-refractivity contribution in [3.63, 3.8) is 0 Å². The summed E-state index contributed by atoms with van der Waals surface area (Å²) >= 11 is 0. The first kappa shape index (κ1) is 15.0. The maximum Gasteiger partial charge on any atom is 0.125 e. The Kier molecular flexibility index (Phi) is 4.56. The van der Waals surface area contributed by atoms with E-state index in [4.69, 9.17) is 10.00 Å². The Balaban J connectivity index is 2.22. The molecule has 0 aliphatic rings. The van der Waals surface area contributed by atoms with Gasteiger partial charge in [0.2, 0.25) is 0 Å². The SMILES string of the molecule is Cc1ccc([C@@H](C)O)c(OCc2cc(F)cc(C#N)c2)c1. The van der Waals surface area contributed by atoms with Crippen molar-refractivity contribution < 1.29 is 14.2 Å². The second-order valence-electron chi connectivity index (χ2n) is 4.97. The van der Waals surface area contributed by atoms with E-state index < -0.39 is 11.9 Å². The molecule has 0 saturated heterocycles. The summed E-state index contributed by atoms with van der Waals surface area (Å²) in [5.41, 5.74) is 2.52. The normalized spacial score (nSPS) is 11.8. The lowest BCUT2D eigenvalue weighted by molar-refractivity contribution is 0.190. The molecule has 0 amide bonds. The molecule has 1 atom stereocenters. The molecular formula is C17H16FNO2. The van der Waals surface area contributed by atoms with Crippen molar-refractivity contribution in [2.24, 2.45) is 0 Å². The van der Waals surface area contributed by atoms with E-state index in [9.17, 15) is 9.50 Å². The number of nitriles is 1. The van der Waals surface area contributed by atoms with E-state index in [0.717, 1.165) is 5.56 Å². The summed E-state index contributed by atoms with van der Waals surface area (Å²) in [6.07, 6.45) is -0.650. The number of benzene rings is 2. The fraction of sp³-hybridized carbons (Fsp3) is 0.235. The Morgan fingerprint density at radius 3 is 2.71 bits per heavy atom. The van der Waals surface area contributed by atoms with Gasteiger partial charge in [0.05, 0.1) is 17.7 Å². The van der Waals surface area contributed by atoms with Crippen LogP contribution in [0.5, 0.6) is 5.75 Å². The van der Waals surface area contributed by atoms with Crippen LogP contribution in [0.3, 0.4) is 0 Å². The molecule has 0 unspecified atom stereocenters. The Morgan fingerprint density at radius 1 is 1.29 bits per heavy atom. The summed E-state index contributed by atoms with van der Waals surface area (Å²) in [6.45, 7) is 3.72. The topological polar surface area (TPSA) is 53.2 Å². The quantitative estimate of drug-likeness (QED) is 0.933. The lowest BCUT2D eigenvalue weighted by Gasteiger charge is -2.14. The first-order valence-corrected chi connectivity index (χ1v) is 6.60. The lowest BCUT2D eigenvalue weighted by Crippen LogP contribution is -2.02. The van der Waals surface area contributed by atoms with Crippen LogP contribution in [0, 0.1) is 24.1 Å². The summed E-state index contributed by atoms with van der Waals surface area (Å²) in [6, 6.07) is 11.5. The summed E-state index contributed by atoms with van der Waals surface area (Å²) in [5.74, 6) is 0.0976. The predicted octanol–water partition coefficient (Wildman–Crippen LogP) is 3.64. The van der Waals surface area contributed by atoms with Crippen LogP contribution in [0.1, 0.15) is 35.3 Å². The van der Waals surface area contributed by atoms with E-state index in [1.54, 1.807) is 13.0 Å². The molecule has 0 fully saturated rings. The fourth-order valence-corrected chi connectivity index (χ4v) is 2.07. The highest BCUT2D eigenvalue weighted by molar-refractivity contribution is 5.39. The molecule has 1 N–H and O–H groups in total. The van der Waals surface area contributed by atoms with Crippen LogP contribution in [0.25, 0.3) is 0 Å². The molecular weight excluding hydrogens is 269 g/mol. The molecule has 0 aliphatic carbocycles. The van der Waals surface area contributed by atoms with E-state index in [0.29, 0.717) is 16.9 Å². The van der Waals surface area contributed by atoms with Crippen molar-refractivity contribution in [3.05, 3.63) is 64.5 Å². The summed E-state index contributed by atoms with van der Waals surface area (Å²) in [4.78, 5) is 0. The molecule has 108 valence electrons. The van der Waals surface area contributed by atoms with Crippen molar-refractivity contribution in [3.8, 4) is 11.8 Å². The first-order chi connectivity index (χ1) is 9.99. The van der Waals surface area contributed by atoms with Crippen LogP contribution in [0.2, 0.25) is 0 Å². The molecule has 3 nitrogen and oxygen atoms in total. The number of aliphatic hydroxyl groups is 1. The number of hydrogen-bond donors (Lipinski definition) is 1. The number of hydrogen-bond acceptors (Lipinski definition) is 3. The summed E-state index contributed by atoms with van der Waals surface area (Å²) < 4.78 is 19.0. The van der Waals surface area contributed by atoms with Gasteiger partial charge in [0.15, 0.2) is 0 Å². The minimum absolute atomic E-state index is 0.135. The molecule has 0 saturated carbocycles. The van der Waals surface area contributed by atoms with Crippen molar-refractivity contribution in [2.45, 2.75) is 26.6 Å². The number of ether oxygens (including phenoxy) is 1. The smallest absolute Gasteiger partial charge is 0.125 e. The third kappa shape index (κ3) is 3.80. The number of halogens is 1. The van der Waals surface area contributed by atoms with Gasteiger partial charge in [-0.15, -0.1) is 0 Å². The maximum atomic E-state index is 13.4. The van der Waals surface area contributed by atoms with Crippen LogP contribution >= 0.6 is 0 Å². The van der Waals surface area contributed by atoms with Gasteiger partial charge in [-0.3, -0.25) is 0 Å². The average molecular weight is 285 g/mol. The number of rotatable bonds is 4.